The second-order valence-electron chi connectivity index (χ2n) is 6.26. The van der Waals surface area contributed by atoms with Crippen molar-refractivity contribution < 1.29 is 0 Å². The van der Waals surface area contributed by atoms with Gasteiger partial charge in [-0.25, -0.2) is 0 Å². The zero-order chi connectivity index (χ0) is 13.8. The first kappa shape index (κ1) is 13.8. The number of nitrogens with zero attached hydrogens (tertiary/aromatic N) is 3. The number of hydrogen-bond acceptors (Lipinski definition) is 4. The number of nitrogens with one attached hydrogen (secondary N) is 1. The van der Waals surface area contributed by atoms with E-state index in [0.717, 1.165) is 43.1 Å². The van der Waals surface area contributed by atoms with Crippen LogP contribution in [0.2, 0.25) is 0 Å². The molecule has 1 aliphatic carbocycles. The van der Waals surface area contributed by atoms with Gasteiger partial charge in [-0.15, -0.1) is 5.10 Å². The Bertz CT molecular complexity index is 405. The van der Waals surface area contributed by atoms with Crippen LogP contribution in [0.15, 0.2) is 12.1 Å². The smallest absolute Gasteiger partial charge is 0.151 e. The number of aromatic nitrogens is 2. The van der Waals surface area contributed by atoms with E-state index in [9.17, 15) is 0 Å². The standard InChI is InChI=1S/C16H26N4/c1-2-3-13-8-10-20(11-9-13)16-7-6-15(18-19-16)12-17-14-4-5-14/h6-7,13-14,17H,2-5,8-12H2,1H3. The van der Waals surface area contributed by atoms with Crippen LogP contribution in [0.5, 0.6) is 0 Å². The van der Waals surface area contributed by atoms with E-state index >= 15 is 0 Å². The molecule has 0 spiro atoms. The average Bonchev–Trinajstić information content (AvgIpc) is 3.31. The summed E-state index contributed by atoms with van der Waals surface area (Å²) in [5.74, 6) is 1.97. The second-order valence-corrected chi connectivity index (χ2v) is 6.26. The molecule has 0 atom stereocenters. The number of anilines is 1. The van der Waals surface area contributed by atoms with Crippen molar-refractivity contribution in [3.63, 3.8) is 0 Å². The van der Waals surface area contributed by atoms with E-state index in [1.54, 1.807) is 0 Å². The van der Waals surface area contributed by atoms with E-state index in [1.165, 1.54) is 38.5 Å². The van der Waals surface area contributed by atoms with Gasteiger partial charge in [0.15, 0.2) is 5.82 Å². The van der Waals surface area contributed by atoms with Crippen molar-refractivity contribution >= 4 is 5.82 Å². The molecule has 4 heteroatoms. The van der Waals surface area contributed by atoms with Crippen LogP contribution in [-0.2, 0) is 6.54 Å². The molecule has 1 aromatic heterocycles. The van der Waals surface area contributed by atoms with E-state index in [1.807, 2.05) is 0 Å². The zero-order valence-corrected chi connectivity index (χ0v) is 12.5. The molecule has 0 unspecified atom stereocenters. The minimum atomic E-state index is 0.731. The molecule has 110 valence electrons. The lowest BCUT2D eigenvalue weighted by Crippen LogP contribution is -2.34. The molecule has 1 aliphatic heterocycles. The Morgan fingerprint density at radius 3 is 2.55 bits per heavy atom. The molecule has 0 bridgehead atoms. The minimum Gasteiger partial charge on any atom is -0.355 e. The van der Waals surface area contributed by atoms with Gasteiger partial charge in [0.1, 0.15) is 0 Å². The Kier molecular flexibility index (Phi) is 4.51. The van der Waals surface area contributed by atoms with Crippen LogP contribution in [0.4, 0.5) is 5.82 Å². The predicted molar refractivity (Wildman–Crippen MR) is 81.7 cm³/mol. The molecular formula is C16H26N4. The highest BCUT2D eigenvalue weighted by Crippen LogP contribution is 2.24. The van der Waals surface area contributed by atoms with Crippen molar-refractivity contribution in [2.45, 2.75) is 58.0 Å². The summed E-state index contributed by atoms with van der Waals surface area (Å²) in [5.41, 5.74) is 1.06. The van der Waals surface area contributed by atoms with Gasteiger partial charge in [-0.2, -0.15) is 5.10 Å². The first-order valence-corrected chi connectivity index (χ1v) is 8.16. The third kappa shape index (κ3) is 3.69. The summed E-state index contributed by atoms with van der Waals surface area (Å²) in [6.07, 6.45) is 7.94. The summed E-state index contributed by atoms with van der Waals surface area (Å²) in [6, 6.07) is 4.99. The van der Waals surface area contributed by atoms with Crippen molar-refractivity contribution in [2.75, 3.05) is 18.0 Å². The van der Waals surface area contributed by atoms with Crippen LogP contribution in [-0.4, -0.2) is 29.3 Å². The molecule has 0 aromatic carbocycles. The molecule has 2 fully saturated rings. The van der Waals surface area contributed by atoms with E-state index in [0.29, 0.717) is 0 Å². The van der Waals surface area contributed by atoms with Crippen LogP contribution in [0, 0.1) is 5.92 Å². The molecular weight excluding hydrogens is 248 g/mol. The first-order valence-electron chi connectivity index (χ1n) is 8.16. The molecule has 1 aromatic rings. The topological polar surface area (TPSA) is 41.0 Å². The molecule has 20 heavy (non-hydrogen) atoms. The number of hydrogen-bond donors (Lipinski definition) is 1. The highest BCUT2D eigenvalue weighted by atomic mass is 15.3. The van der Waals surface area contributed by atoms with Gasteiger partial charge >= 0.3 is 0 Å². The number of rotatable bonds is 6. The normalized spacial score (nSPS) is 20.4. The van der Waals surface area contributed by atoms with E-state index in [2.05, 4.69) is 39.5 Å². The van der Waals surface area contributed by atoms with E-state index in [-0.39, 0.29) is 0 Å². The van der Waals surface area contributed by atoms with Gasteiger partial charge in [-0.1, -0.05) is 19.8 Å². The summed E-state index contributed by atoms with van der Waals surface area (Å²) in [5, 5.41) is 12.2. The summed E-state index contributed by atoms with van der Waals surface area (Å²) >= 11 is 0. The Labute approximate surface area is 122 Å². The summed E-state index contributed by atoms with van der Waals surface area (Å²) in [4.78, 5) is 2.39. The van der Waals surface area contributed by atoms with Gasteiger partial charge in [-0.05, 0) is 43.7 Å². The molecule has 2 aliphatic rings. The van der Waals surface area contributed by atoms with Gasteiger partial charge < -0.3 is 10.2 Å². The van der Waals surface area contributed by atoms with Crippen molar-refractivity contribution in [3.05, 3.63) is 17.8 Å². The highest BCUT2D eigenvalue weighted by molar-refractivity contribution is 5.37. The summed E-state index contributed by atoms with van der Waals surface area (Å²) in [6.45, 7) is 5.42. The Balaban J connectivity index is 1.49. The maximum absolute atomic E-state index is 4.41. The Morgan fingerprint density at radius 1 is 1.15 bits per heavy atom. The van der Waals surface area contributed by atoms with Crippen LogP contribution < -0.4 is 10.2 Å². The van der Waals surface area contributed by atoms with Gasteiger partial charge in [0, 0.05) is 25.7 Å². The van der Waals surface area contributed by atoms with Crippen LogP contribution in [0.25, 0.3) is 0 Å². The molecule has 1 saturated carbocycles. The van der Waals surface area contributed by atoms with Crippen LogP contribution in [0.1, 0.15) is 51.1 Å². The third-order valence-corrected chi connectivity index (χ3v) is 4.49. The SMILES string of the molecule is CCCC1CCN(c2ccc(CNC3CC3)nn2)CC1. The quantitative estimate of drug-likeness (QED) is 0.866. The molecule has 2 heterocycles. The largest absolute Gasteiger partial charge is 0.355 e. The van der Waals surface area contributed by atoms with Crippen molar-refractivity contribution in [2.24, 2.45) is 5.92 Å². The fourth-order valence-corrected chi connectivity index (χ4v) is 3.01. The van der Waals surface area contributed by atoms with Gasteiger partial charge in [0.05, 0.1) is 5.69 Å². The second kappa shape index (κ2) is 6.53. The van der Waals surface area contributed by atoms with Gasteiger partial charge in [0.25, 0.3) is 0 Å². The fourth-order valence-electron chi connectivity index (χ4n) is 3.01. The fraction of sp³-hybridized carbons (Fsp3) is 0.750. The maximum atomic E-state index is 4.41. The van der Waals surface area contributed by atoms with Crippen molar-refractivity contribution in [1.82, 2.24) is 15.5 Å². The molecule has 3 rings (SSSR count). The average molecular weight is 274 g/mol. The highest BCUT2D eigenvalue weighted by Gasteiger charge is 2.21. The minimum absolute atomic E-state index is 0.731. The molecule has 1 N–H and O–H groups in total. The molecule has 0 radical (unpaired) electrons. The monoisotopic (exact) mass is 274 g/mol. The third-order valence-electron chi connectivity index (χ3n) is 4.49. The van der Waals surface area contributed by atoms with Gasteiger partial charge in [-0.3, -0.25) is 0 Å². The van der Waals surface area contributed by atoms with E-state index < -0.39 is 0 Å². The lowest BCUT2D eigenvalue weighted by atomic mass is 9.92. The zero-order valence-electron chi connectivity index (χ0n) is 12.5. The maximum Gasteiger partial charge on any atom is 0.151 e. The van der Waals surface area contributed by atoms with Crippen LogP contribution >= 0.6 is 0 Å². The molecule has 0 amide bonds. The summed E-state index contributed by atoms with van der Waals surface area (Å²) < 4.78 is 0. The Hall–Kier alpha value is -1.16. The van der Waals surface area contributed by atoms with Crippen molar-refractivity contribution in [3.8, 4) is 0 Å². The summed E-state index contributed by atoms with van der Waals surface area (Å²) in [7, 11) is 0. The van der Waals surface area contributed by atoms with Gasteiger partial charge in [0.2, 0.25) is 0 Å². The van der Waals surface area contributed by atoms with Crippen molar-refractivity contribution in [1.29, 1.82) is 0 Å². The van der Waals surface area contributed by atoms with E-state index in [4.69, 9.17) is 0 Å². The molecule has 4 nitrogen and oxygen atoms in total. The number of piperidine rings is 1. The first-order chi connectivity index (χ1) is 9.85. The lowest BCUT2D eigenvalue weighted by molar-refractivity contribution is 0.377. The predicted octanol–water partition coefficient (Wildman–Crippen LogP) is 2.75. The molecule has 1 saturated heterocycles. The Morgan fingerprint density at radius 2 is 1.95 bits per heavy atom. The van der Waals surface area contributed by atoms with Crippen LogP contribution in [0.3, 0.4) is 0 Å². The lowest BCUT2D eigenvalue weighted by Gasteiger charge is -2.32.